The highest BCUT2D eigenvalue weighted by Gasteiger charge is 2.47. The van der Waals surface area contributed by atoms with Gasteiger partial charge in [-0.1, -0.05) is 5.92 Å². The maximum Gasteiger partial charge on any atom is 0.327 e. The molecule has 0 heterocycles. The highest BCUT2D eigenvalue weighted by Crippen LogP contribution is 2.33. The molecule has 0 bridgehead atoms. The predicted molar refractivity (Wildman–Crippen MR) is 35.9 cm³/mol. The van der Waals surface area contributed by atoms with Gasteiger partial charge in [0.2, 0.25) is 0 Å². The van der Waals surface area contributed by atoms with E-state index in [9.17, 15) is 4.79 Å². The standard InChI is InChI=1S/C7H9NO2/c1-2-5-10-6(9)7(8)3-4-7/h1H,3-5,8H2. The third-order valence-corrected chi connectivity index (χ3v) is 1.48. The average molecular weight is 139 g/mol. The Balaban J connectivity index is 2.30. The highest BCUT2D eigenvalue weighted by atomic mass is 16.5. The first-order valence-corrected chi connectivity index (χ1v) is 3.08. The largest absolute Gasteiger partial charge is 0.451 e. The zero-order valence-corrected chi connectivity index (χ0v) is 5.59. The third-order valence-electron chi connectivity index (χ3n) is 1.48. The third kappa shape index (κ3) is 1.28. The van der Waals surface area contributed by atoms with Gasteiger partial charge in [0.25, 0.3) is 0 Å². The Kier molecular flexibility index (Phi) is 1.64. The fraction of sp³-hybridized carbons (Fsp3) is 0.571. The molecule has 0 saturated heterocycles. The molecule has 1 rings (SSSR count). The number of nitrogens with two attached hydrogens (primary N) is 1. The van der Waals surface area contributed by atoms with Crippen molar-refractivity contribution in [3.05, 3.63) is 0 Å². The average Bonchev–Trinajstić information content (AvgIpc) is 2.64. The molecule has 0 spiro atoms. The van der Waals surface area contributed by atoms with Crippen LogP contribution >= 0.6 is 0 Å². The Morgan fingerprint density at radius 1 is 1.80 bits per heavy atom. The van der Waals surface area contributed by atoms with E-state index in [4.69, 9.17) is 12.2 Å². The molecule has 0 radical (unpaired) electrons. The fourth-order valence-electron chi connectivity index (χ4n) is 0.590. The summed E-state index contributed by atoms with van der Waals surface area (Å²) < 4.78 is 4.62. The quantitative estimate of drug-likeness (QED) is 0.420. The Labute approximate surface area is 59.5 Å². The molecule has 0 aromatic heterocycles. The van der Waals surface area contributed by atoms with E-state index in [-0.39, 0.29) is 12.6 Å². The predicted octanol–water partition coefficient (Wildman–Crippen LogP) is -0.346. The van der Waals surface area contributed by atoms with Crippen LogP contribution < -0.4 is 5.73 Å². The highest BCUT2D eigenvalue weighted by molar-refractivity contribution is 5.83. The number of esters is 1. The van der Waals surface area contributed by atoms with Gasteiger partial charge >= 0.3 is 5.97 Å². The van der Waals surface area contributed by atoms with Gasteiger partial charge in [-0.25, -0.2) is 0 Å². The molecule has 0 aromatic carbocycles. The van der Waals surface area contributed by atoms with Crippen LogP contribution in [0.5, 0.6) is 0 Å². The van der Waals surface area contributed by atoms with Crippen molar-refractivity contribution in [2.45, 2.75) is 18.4 Å². The summed E-state index contributed by atoms with van der Waals surface area (Å²) in [6.45, 7) is 0.0256. The second-order valence-corrected chi connectivity index (χ2v) is 2.44. The minimum absolute atomic E-state index is 0.0256. The minimum atomic E-state index is -0.698. The van der Waals surface area contributed by atoms with Crippen molar-refractivity contribution in [3.63, 3.8) is 0 Å². The van der Waals surface area contributed by atoms with Crippen LogP contribution in [0.15, 0.2) is 0 Å². The molecule has 1 fully saturated rings. The van der Waals surface area contributed by atoms with Crippen LogP contribution in [0.1, 0.15) is 12.8 Å². The maximum atomic E-state index is 10.8. The van der Waals surface area contributed by atoms with Crippen LogP contribution in [0, 0.1) is 12.3 Å². The van der Waals surface area contributed by atoms with Gasteiger partial charge in [0, 0.05) is 0 Å². The molecule has 10 heavy (non-hydrogen) atoms. The molecule has 0 amide bonds. The van der Waals surface area contributed by atoms with Crippen molar-refractivity contribution < 1.29 is 9.53 Å². The number of ether oxygens (including phenoxy) is 1. The van der Waals surface area contributed by atoms with Gasteiger partial charge in [0.15, 0.2) is 6.61 Å². The Bertz CT molecular complexity index is 188. The summed E-state index contributed by atoms with van der Waals surface area (Å²) in [5.74, 6) is 1.83. The number of hydrogen-bond donors (Lipinski definition) is 1. The Hall–Kier alpha value is -1.01. The molecular formula is C7H9NO2. The Morgan fingerprint density at radius 2 is 2.40 bits per heavy atom. The number of rotatable bonds is 2. The number of terminal acetylenes is 1. The second kappa shape index (κ2) is 2.31. The zero-order chi connectivity index (χ0) is 7.61. The molecule has 0 unspecified atom stereocenters. The first-order valence-electron chi connectivity index (χ1n) is 3.08. The van der Waals surface area contributed by atoms with Crippen LogP contribution in [0.4, 0.5) is 0 Å². The SMILES string of the molecule is C#CCOC(=O)C1(N)CC1. The van der Waals surface area contributed by atoms with Crippen LogP contribution in [0.2, 0.25) is 0 Å². The van der Waals surface area contributed by atoms with Gasteiger partial charge < -0.3 is 10.5 Å². The summed E-state index contributed by atoms with van der Waals surface area (Å²) in [5, 5.41) is 0. The first-order chi connectivity index (χ1) is 4.69. The van der Waals surface area contributed by atoms with E-state index in [1.807, 2.05) is 0 Å². The molecule has 1 saturated carbocycles. The van der Waals surface area contributed by atoms with E-state index in [1.54, 1.807) is 0 Å². The minimum Gasteiger partial charge on any atom is -0.451 e. The summed E-state index contributed by atoms with van der Waals surface area (Å²) in [6, 6.07) is 0. The molecule has 3 heteroatoms. The molecule has 0 aliphatic heterocycles. The lowest BCUT2D eigenvalue weighted by Crippen LogP contribution is -2.34. The van der Waals surface area contributed by atoms with Gasteiger partial charge in [-0.3, -0.25) is 4.79 Å². The van der Waals surface area contributed by atoms with Crippen LogP contribution in [-0.2, 0) is 9.53 Å². The normalized spacial score (nSPS) is 19.2. The van der Waals surface area contributed by atoms with E-state index in [0.29, 0.717) is 0 Å². The second-order valence-electron chi connectivity index (χ2n) is 2.44. The Morgan fingerprint density at radius 3 is 2.80 bits per heavy atom. The molecule has 3 nitrogen and oxygen atoms in total. The lowest BCUT2D eigenvalue weighted by molar-refractivity contribution is -0.144. The molecule has 1 aliphatic rings. The summed E-state index contributed by atoms with van der Waals surface area (Å²) in [7, 11) is 0. The lowest BCUT2D eigenvalue weighted by Gasteiger charge is -2.05. The van der Waals surface area contributed by atoms with Gasteiger partial charge in [0.1, 0.15) is 5.54 Å². The van der Waals surface area contributed by atoms with Gasteiger partial charge in [0.05, 0.1) is 0 Å². The fourth-order valence-corrected chi connectivity index (χ4v) is 0.590. The number of hydrogen-bond acceptors (Lipinski definition) is 3. The summed E-state index contributed by atoms with van der Waals surface area (Å²) in [6.07, 6.45) is 6.31. The van der Waals surface area contributed by atoms with E-state index >= 15 is 0 Å². The molecule has 0 aromatic rings. The van der Waals surface area contributed by atoms with Crippen molar-refractivity contribution >= 4 is 5.97 Å². The van der Waals surface area contributed by atoms with Gasteiger partial charge in [-0.2, -0.15) is 0 Å². The topological polar surface area (TPSA) is 52.3 Å². The molecule has 0 atom stereocenters. The van der Waals surface area contributed by atoms with E-state index in [1.165, 1.54) is 0 Å². The van der Waals surface area contributed by atoms with Crippen LogP contribution in [-0.4, -0.2) is 18.1 Å². The summed E-state index contributed by atoms with van der Waals surface area (Å²) in [4.78, 5) is 10.8. The van der Waals surface area contributed by atoms with Crippen molar-refractivity contribution in [2.75, 3.05) is 6.61 Å². The van der Waals surface area contributed by atoms with E-state index in [2.05, 4.69) is 10.7 Å². The zero-order valence-electron chi connectivity index (χ0n) is 5.59. The van der Waals surface area contributed by atoms with E-state index < -0.39 is 5.54 Å². The van der Waals surface area contributed by atoms with Gasteiger partial charge in [-0.15, -0.1) is 6.42 Å². The monoisotopic (exact) mass is 139 g/mol. The van der Waals surface area contributed by atoms with Crippen molar-refractivity contribution in [3.8, 4) is 12.3 Å². The lowest BCUT2D eigenvalue weighted by atomic mass is 10.3. The molecule has 1 aliphatic carbocycles. The number of carbonyl (C=O) groups is 1. The molecule has 2 N–H and O–H groups in total. The smallest absolute Gasteiger partial charge is 0.327 e. The van der Waals surface area contributed by atoms with Crippen LogP contribution in [0.25, 0.3) is 0 Å². The van der Waals surface area contributed by atoms with E-state index in [0.717, 1.165) is 12.8 Å². The molecular weight excluding hydrogens is 130 g/mol. The van der Waals surface area contributed by atoms with Crippen molar-refractivity contribution in [1.29, 1.82) is 0 Å². The van der Waals surface area contributed by atoms with Gasteiger partial charge in [-0.05, 0) is 12.8 Å². The number of carbonyl (C=O) groups excluding carboxylic acids is 1. The van der Waals surface area contributed by atoms with Crippen molar-refractivity contribution in [1.82, 2.24) is 0 Å². The van der Waals surface area contributed by atoms with Crippen molar-refractivity contribution in [2.24, 2.45) is 5.73 Å². The first kappa shape index (κ1) is 7.10. The van der Waals surface area contributed by atoms with Crippen LogP contribution in [0.3, 0.4) is 0 Å². The summed E-state index contributed by atoms with van der Waals surface area (Å²) >= 11 is 0. The molecule has 54 valence electrons. The summed E-state index contributed by atoms with van der Waals surface area (Å²) in [5.41, 5.74) is 4.79. The maximum absolute atomic E-state index is 10.8.